The maximum Gasteiger partial charge on any atom is 0.0893 e. The first-order valence-corrected chi connectivity index (χ1v) is 3.26. The molecule has 0 spiro atoms. The molecule has 9 heavy (non-hydrogen) atoms. The quantitative estimate of drug-likeness (QED) is 0.513. The first-order chi connectivity index (χ1) is 4.33. The van der Waals surface area contributed by atoms with Gasteiger partial charge in [-0.3, -0.25) is 4.99 Å². The van der Waals surface area contributed by atoms with Crippen LogP contribution in [0.3, 0.4) is 0 Å². The van der Waals surface area contributed by atoms with Crippen LogP contribution in [0.4, 0.5) is 0 Å². The summed E-state index contributed by atoms with van der Waals surface area (Å²) in [7, 11) is 0. The highest BCUT2D eigenvalue weighted by molar-refractivity contribution is 5.58. The van der Waals surface area contributed by atoms with E-state index in [2.05, 4.69) is 29.9 Å². The van der Waals surface area contributed by atoms with Crippen LogP contribution in [0.15, 0.2) is 16.8 Å². The highest BCUT2D eigenvalue weighted by Gasteiger charge is 1.97. The number of aliphatic imine (C=N–C) groups is 1. The molecule has 1 heterocycles. The third kappa shape index (κ3) is 1.56. The number of rotatable bonds is 1. The van der Waals surface area contributed by atoms with Crippen LogP contribution in [-0.2, 0) is 0 Å². The van der Waals surface area contributed by atoms with Gasteiger partial charge in [0.1, 0.15) is 0 Å². The van der Waals surface area contributed by atoms with E-state index in [-0.39, 0.29) is 0 Å². The lowest BCUT2D eigenvalue weighted by Crippen LogP contribution is -2.18. The molecular formula is C7H12N2. The van der Waals surface area contributed by atoms with E-state index in [0.717, 1.165) is 13.1 Å². The smallest absolute Gasteiger partial charge is 0.0893 e. The normalized spacial score (nSPS) is 18.0. The van der Waals surface area contributed by atoms with E-state index in [1.165, 1.54) is 5.57 Å². The van der Waals surface area contributed by atoms with Crippen molar-refractivity contribution in [2.45, 2.75) is 13.8 Å². The molecule has 0 amide bonds. The summed E-state index contributed by atoms with van der Waals surface area (Å²) in [5, 5.41) is 0. The molecule has 0 aromatic rings. The fourth-order valence-electron chi connectivity index (χ4n) is 0.820. The lowest BCUT2D eigenvalue weighted by molar-refractivity contribution is 0.588. The Labute approximate surface area is 55.9 Å². The van der Waals surface area contributed by atoms with Gasteiger partial charge in [-0.05, 0) is 19.4 Å². The number of hydrogen-bond donors (Lipinski definition) is 0. The van der Waals surface area contributed by atoms with Gasteiger partial charge in [0.25, 0.3) is 0 Å². The van der Waals surface area contributed by atoms with Crippen molar-refractivity contribution in [1.29, 1.82) is 0 Å². The molecule has 1 aliphatic heterocycles. The molecule has 50 valence electrons. The van der Waals surface area contributed by atoms with Crippen molar-refractivity contribution in [1.82, 2.24) is 4.90 Å². The molecule has 0 aromatic carbocycles. The Kier molecular flexibility index (Phi) is 1.88. The summed E-state index contributed by atoms with van der Waals surface area (Å²) >= 11 is 0. The number of hydrogen-bond acceptors (Lipinski definition) is 2. The van der Waals surface area contributed by atoms with Crippen molar-refractivity contribution in [2.75, 3.05) is 13.1 Å². The zero-order valence-corrected chi connectivity index (χ0v) is 5.96. The van der Waals surface area contributed by atoms with Crippen molar-refractivity contribution < 1.29 is 0 Å². The van der Waals surface area contributed by atoms with Gasteiger partial charge in [-0.25, -0.2) is 0 Å². The van der Waals surface area contributed by atoms with Crippen LogP contribution in [-0.4, -0.2) is 24.3 Å². The minimum atomic E-state index is 0.872. The molecule has 0 aliphatic carbocycles. The minimum absolute atomic E-state index is 0.872. The second-order valence-electron chi connectivity index (χ2n) is 2.26. The van der Waals surface area contributed by atoms with E-state index in [1.54, 1.807) is 0 Å². The second kappa shape index (κ2) is 2.67. The fraction of sp³-hybridized carbons (Fsp3) is 0.571. The highest BCUT2D eigenvalue weighted by atomic mass is 15.1. The molecule has 0 bridgehead atoms. The minimum Gasteiger partial charge on any atom is -0.340 e. The van der Waals surface area contributed by atoms with Crippen molar-refractivity contribution in [3.05, 3.63) is 11.8 Å². The maximum atomic E-state index is 4.14. The topological polar surface area (TPSA) is 15.6 Å². The molecule has 2 heteroatoms. The van der Waals surface area contributed by atoms with E-state index in [9.17, 15) is 0 Å². The standard InChI is InChI=1S/C7H12N2/c1-3-9-5-7(2)4-8-6-9/h5-6H,3-4H2,1-2H3. The Hall–Kier alpha value is -0.790. The van der Waals surface area contributed by atoms with Crippen molar-refractivity contribution >= 4 is 6.34 Å². The molecule has 0 N–H and O–H groups in total. The van der Waals surface area contributed by atoms with Gasteiger partial charge in [0, 0.05) is 12.7 Å². The fourth-order valence-corrected chi connectivity index (χ4v) is 0.820. The van der Waals surface area contributed by atoms with Gasteiger partial charge in [-0.15, -0.1) is 0 Å². The van der Waals surface area contributed by atoms with Gasteiger partial charge in [-0.1, -0.05) is 0 Å². The van der Waals surface area contributed by atoms with Crippen LogP contribution < -0.4 is 0 Å². The van der Waals surface area contributed by atoms with Gasteiger partial charge >= 0.3 is 0 Å². The van der Waals surface area contributed by atoms with E-state index in [4.69, 9.17) is 0 Å². The molecule has 0 radical (unpaired) electrons. The summed E-state index contributed by atoms with van der Waals surface area (Å²) in [6.45, 7) is 6.09. The molecule has 0 fully saturated rings. The predicted molar refractivity (Wildman–Crippen MR) is 39.5 cm³/mol. The second-order valence-corrected chi connectivity index (χ2v) is 2.26. The van der Waals surface area contributed by atoms with E-state index in [1.807, 2.05) is 6.34 Å². The van der Waals surface area contributed by atoms with Crippen LogP contribution in [0.5, 0.6) is 0 Å². The van der Waals surface area contributed by atoms with Gasteiger partial charge in [-0.2, -0.15) is 0 Å². The summed E-state index contributed by atoms with van der Waals surface area (Å²) < 4.78 is 0. The van der Waals surface area contributed by atoms with Crippen molar-refractivity contribution in [3.8, 4) is 0 Å². The van der Waals surface area contributed by atoms with Crippen molar-refractivity contribution in [2.24, 2.45) is 4.99 Å². The first kappa shape index (κ1) is 6.33. The van der Waals surface area contributed by atoms with Crippen LogP contribution >= 0.6 is 0 Å². The van der Waals surface area contributed by atoms with E-state index >= 15 is 0 Å². The summed E-state index contributed by atoms with van der Waals surface area (Å²) in [6.07, 6.45) is 4.01. The molecule has 1 rings (SSSR count). The van der Waals surface area contributed by atoms with Crippen molar-refractivity contribution in [3.63, 3.8) is 0 Å². The molecular weight excluding hydrogens is 112 g/mol. The molecule has 2 nitrogen and oxygen atoms in total. The first-order valence-electron chi connectivity index (χ1n) is 3.26. The molecule has 0 saturated heterocycles. The number of nitrogens with zero attached hydrogens (tertiary/aromatic N) is 2. The molecule has 0 saturated carbocycles. The van der Waals surface area contributed by atoms with Crippen LogP contribution in [0.1, 0.15) is 13.8 Å². The predicted octanol–water partition coefficient (Wildman–Crippen LogP) is 1.25. The third-order valence-electron chi connectivity index (χ3n) is 1.32. The average Bonchev–Trinajstić information content (AvgIpc) is 1.88. The van der Waals surface area contributed by atoms with Gasteiger partial charge < -0.3 is 4.90 Å². The summed E-state index contributed by atoms with van der Waals surface area (Å²) in [6, 6.07) is 0. The van der Waals surface area contributed by atoms with E-state index < -0.39 is 0 Å². The van der Waals surface area contributed by atoms with Crippen LogP contribution in [0, 0.1) is 0 Å². The lowest BCUT2D eigenvalue weighted by atomic mass is 10.3. The van der Waals surface area contributed by atoms with Gasteiger partial charge in [0.05, 0.1) is 12.9 Å². The van der Waals surface area contributed by atoms with Gasteiger partial charge in [0.2, 0.25) is 0 Å². The molecule has 0 unspecified atom stereocenters. The van der Waals surface area contributed by atoms with Crippen LogP contribution in [0.2, 0.25) is 0 Å². The zero-order valence-electron chi connectivity index (χ0n) is 5.96. The Morgan fingerprint density at radius 2 is 2.56 bits per heavy atom. The Bertz CT molecular complexity index is 147. The Morgan fingerprint density at radius 3 is 3.00 bits per heavy atom. The maximum absolute atomic E-state index is 4.14. The average molecular weight is 124 g/mol. The lowest BCUT2D eigenvalue weighted by Gasteiger charge is -2.16. The Morgan fingerprint density at radius 1 is 1.78 bits per heavy atom. The largest absolute Gasteiger partial charge is 0.340 e. The van der Waals surface area contributed by atoms with Gasteiger partial charge in [0.15, 0.2) is 0 Å². The molecule has 0 aromatic heterocycles. The Balaban J connectivity index is 2.55. The summed E-state index contributed by atoms with van der Waals surface area (Å²) in [5.41, 5.74) is 1.33. The summed E-state index contributed by atoms with van der Waals surface area (Å²) in [5.74, 6) is 0. The van der Waals surface area contributed by atoms with E-state index in [0.29, 0.717) is 0 Å². The summed E-state index contributed by atoms with van der Waals surface area (Å²) in [4.78, 5) is 6.23. The zero-order chi connectivity index (χ0) is 6.69. The molecule has 0 atom stereocenters. The third-order valence-corrected chi connectivity index (χ3v) is 1.32. The van der Waals surface area contributed by atoms with Crippen LogP contribution in [0.25, 0.3) is 0 Å². The monoisotopic (exact) mass is 124 g/mol. The molecule has 1 aliphatic rings. The SMILES string of the molecule is CCN1C=NCC(C)=C1. The highest BCUT2D eigenvalue weighted by Crippen LogP contribution is 2.00.